The molecule has 0 unspecified atom stereocenters. The van der Waals surface area contributed by atoms with E-state index in [-0.39, 0.29) is 46.9 Å². The average molecular weight is 643 g/mol. The molecule has 3 fully saturated rings. The van der Waals surface area contributed by atoms with Gasteiger partial charge in [0.1, 0.15) is 28.4 Å². The summed E-state index contributed by atoms with van der Waals surface area (Å²) in [5.74, 6) is -1.24. The van der Waals surface area contributed by atoms with E-state index < -0.39 is 34.3 Å². The number of carbonyl (C=O) groups is 3. The minimum Gasteiger partial charge on any atom is -0.507 e. The Labute approximate surface area is 276 Å². The fraction of sp³-hybridized carbons (Fsp3) is 0.564. The number of fused-ring (bicyclic) bond motifs is 5. The van der Waals surface area contributed by atoms with Gasteiger partial charge in [0.15, 0.2) is 22.8 Å². The lowest BCUT2D eigenvalue weighted by molar-refractivity contribution is -0.171. The van der Waals surface area contributed by atoms with Crippen molar-refractivity contribution in [3.05, 3.63) is 62.8 Å². The van der Waals surface area contributed by atoms with Gasteiger partial charge in [0.05, 0.1) is 12.7 Å². The first-order valence-electron chi connectivity index (χ1n) is 16.9. The Morgan fingerprint density at radius 2 is 1.79 bits per heavy atom. The molecule has 1 N–H and O–H groups in total. The van der Waals surface area contributed by atoms with Gasteiger partial charge in [0, 0.05) is 46.4 Å². The number of phenols is 1. The molecule has 1 saturated heterocycles. The number of rotatable bonds is 5. The highest BCUT2D eigenvalue weighted by Gasteiger charge is 2.81. The SMILES string of the molecule is COC(=O)/C(C)=C\C[C@@]12OC(C)(C)[C@@H]3C[C@@H](C=C4C(=O)c5c(O)c6c(c(CC=C(C)C)c5O[C@]431)O[C@]1(C)CCC(=C(C)C)[C@@H]6C1)C2=O. The standard InChI is InChI=1S/C39H46O8/c1-19(2)10-11-24-32-28(25-18-37(8,45-32)14-13-23(25)20(3)4)31(41)29-30(40)26-16-22-17-27-36(6,7)47-38(34(22)42,39(26,27)46-33(24)29)15-12-21(5)35(43)44-9/h10,12,16,22,25,27,41H,11,13-15,17-18H2,1-9H3/b21-12-/t22-,25+,27+,37-,38+,39-/m1/s1. The van der Waals surface area contributed by atoms with Crippen LogP contribution in [0.4, 0.5) is 0 Å². The largest absolute Gasteiger partial charge is 0.507 e. The second-order valence-corrected chi connectivity index (χ2v) is 15.7. The van der Waals surface area contributed by atoms with E-state index in [0.29, 0.717) is 47.3 Å². The lowest BCUT2D eigenvalue weighted by Crippen LogP contribution is -2.72. The molecule has 7 aliphatic rings. The third kappa shape index (κ3) is 4.12. The summed E-state index contributed by atoms with van der Waals surface area (Å²) in [6.45, 7) is 15.9. The molecule has 1 aromatic rings. The summed E-state index contributed by atoms with van der Waals surface area (Å²) in [6, 6.07) is 0. The number of allylic oxidation sites excluding steroid dienone is 5. The van der Waals surface area contributed by atoms with E-state index in [9.17, 15) is 14.7 Å². The topological polar surface area (TPSA) is 108 Å². The Morgan fingerprint density at radius 3 is 2.45 bits per heavy atom. The van der Waals surface area contributed by atoms with E-state index in [2.05, 4.69) is 26.8 Å². The van der Waals surface area contributed by atoms with Crippen molar-refractivity contribution < 1.29 is 38.4 Å². The molecule has 8 nitrogen and oxygen atoms in total. The third-order valence-corrected chi connectivity index (χ3v) is 11.8. The molecule has 2 saturated carbocycles. The normalized spacial score (nSPS) is 34.0. The summed E-state index contributed by atoms with van der Waals surface area (Å²) in [5.41, 5.74) is 1.48. The number of ether oxygens (including phenoxy) is 4. The molecule has 8 rings (SSSR count). The molecule has 4 aliphatic carbocycles. The second kappa shape index (κ2) is 10.2. The summed E-state index contributed by atoms with van der Waals surface area (Å²) in [7, 11) is 1.31. The predicted molar refractivity (Wildman–Crippen MR) is 176 cm³/mol. The summed E-state index contributed by atoms with van der Waals surface area (Å²) in [6.07, 6.45) is 8.85. The van der Waals surface area contributed by atoms with Gasteiger partial charge in [-0.15, -0.1) is 0 Å². The van der Waals surface area contributed by atoms with E-state index in [1.54, 1.807) is 19.1 Å². The molecule has 47 heavy (non-hydrogen) atoms. The van der Waals surface area contributed by atoms with Crippen LogP contribution in [0.3, 0.4) is 0 Å². The Kier molecular flexibility index (Phi) is 6.91. The molecule has 0 amide bonds. The zero-order chi connectivity index (χ0) is 34.0. The molecular weight excluding hydrogens is 596 g/mol. The van der Waals surface area contributed by atoms with E-state index in [4.69, 9.17) is 18.9 Å². The number of aromatic hydroxyl groups is 1. The molecular formula is C39H46O8. The van der Waals surface area contributed by atoms with Crippen LogP contribution in [-0.2, 0) is 25.5 Å². The zero-order valence-electron chi connectivity index (χ0n) is 29.0. The lowest BCUT2D eigenvalue weighted by Gasteiger charge is -2.56. The van der Waals surface area contributed by atoms with Crippen LogP contribution >= 0.6 is 0 Å². The zero-order valence-corrected chi connectivity index (χ0v) is 29.0. The van der Waals surface area contributed by atoms with Crippen LogP contribution in [0, 0.1) is 11.8 Å². The van der Waals surface area contributed by atoms with Gasteiger partial charge >= 0.3 is 5.97 Å². The Bertz CT molecular complexity index is 1780. The number of carbonyl (C=O) groups excluding carboxylic acids is 3. The number of hydrogen-bond donors (Lipinski definition) is 1. The van der Waals surface area contributed by atoms with Crippen LogP contribution in [0.5, 0.6) is 17.2 Å². The molecule has 3 aliphatic heterocycles. The van der Waals surface area contributed by atoms with Gasteiger partial charge in [-0.25, -0.2) is 4.79 Å². The minimum atomic E-state index is -1.56. The Balaban J connectivity index is 1.52. The van der Waals surface area contributed by atoms with Crippen molar-refractivity contribution >= 4 is 17.5 Å². The maximum Gasteiger partial charge on any atom is 0.333 e. The van der Waals surface area contributed by atoms with Crippen LogP contribution in [0.1, 0.15) is 115 Å². The maximum absolute atomic E-state index is 15.0. The van der Waals surface area contributed by atoms with Crippen molar-refractivity contribution in [3.8, 4) is 17.2 Å². The second-order valence-electron chi connectivity index (χ2n) is 15.7. The quantitative estimate of drug-likeness (QED) is 0.205. The first kappa shape index (κ1) is 31.9. The first-order chi connectivity index (χ1) is 22.0. The number of phenolic OH excluding ortho intramolecular Hbond substituents is 1. The van der Waals surface area contributed by atoms with E-state index >= 15 is 4.79 Å². The van der Waals surface area contributed by atoms with Crippen LogP contribution in [-0.4, -0.2) is 52.2 Å². The number of methoxy groups -OCH3 is 1. The Morgan fingerprint density at radius 1 is 1.06 bits per heavy atom. The van der Waals surface area contributed by atoms with Crippen molar-refractivity contribution in [2.45, 2.75) is 122 Å². The van der Waals surface area contributed by atoms with Crippen LogP contribution in [0.15, 0.2) is 46.1 Å². The van der Waals surface area contributed by atoms with Gasteiger partial charge in [-0.05, 0) is 87.5 Å². The summed E-state index contributed by atoms with van der Waals surface area (Å²) in [4.78, 5) is 41.9. The van der Waals surface area contributed by atoms with Gasteiger partial charge < -0.3 is 24.1 Å². The number of benzene rings is 1. The predicted octanol–water partition coefficient (Wildman–Crippen LogP) is 7.17. The Hall–Kier alpha value is -3.65. The minimum absolute atomic E-state index is 0.0317. The smallest absolute Gasteiger partial charge is 0.333 e. The molecule has 1 aromatic carbocycles. The van der Waals surface area contributed by atoms with Crippen molar-refractivity contribution in [1.29, 1.82) is 0 Å². The average Bonchev–Trinajstić information content (AvgIpc) is 3.15. The first-order valence-corrected chi connectivity index (χ1v) is 16.9. The number of Topliss-reactive ketones (excluding diaryl/α,β-unsaturated/α-hetero) is 2. The molecule has 250 valence electrons. The fourth-order valence-corrected chi connectivity index (χ4v) is 9.63. The van der Waals surface area contributed by atoms with E-state index in [1.807, 2.05) is 27.7 Å². The molecule has 0 radical (unpaired) electrons. The van der Waals surface area contributed by atoms with Gasteiger partial charge in [-0.3, -0.25) is 9.59 Å². The maximum atomic E-state index is 15.0. The van der Waals surface area contributed by atoms with E-state index in [0.717, 1.165) is 18.4 Å². The molecule has 0 aromatic heterocycles. The summed E-state index contributed by atoms with van der Waals surface area (Å²) >= 11 is 0. The van der Waals surface area contributed by atoms with Gasteiger partial charge in [-0.1, -0.05) is 34.9 Å². The van der Waals surface area contributed by atoms with Gasteiger partial charge in [0.2, 0.25) is 0 Å². The van der Waals surface area contributed by atoms with Crippen LogP contribution in [0.2, 0.25) is 0 Å². The molecule has 6 atom stereocenters. The molecule has 1 spiro atoms. The van der Waals surface area contributed by atoms with Crippen molar-refractivity contribution in [2.75, 3.05) is 7.11 Å². The number of esters is 1. The van der Waals surface area contributed by atoms with Crippen molar-refractivity contribution in [1.82, 2.24) is 0 Å². The van der Waals surface area contributed by atoms with Crippen molar-refractivity contribution in [3.63, 3.8) is 0 Å². The number of hydrogen-bond acceptors (Lipinski definition) is 8. The molecule has 6 bridgehead atoms. The highest BCUT2D eigenvalue weighted by Crippen LogP contribution is 2.69. The fourth-order valence-electron chi connectivity index (χ4n) is 9.63. The van der Waals surface area contributed by atoms with Crippen LogP contribution < -0.4 is 9.47 Å². The summed E-state index contributed by atoms with van der Waals surface area (Å²) < 4.78 is 25.9. The van der Waals surface area contributed by atoms with E-state index in [1.165, 1.54) is 18.3 Å². The monoisotopic (exact) mass is 642 g/mol. The lowest BCUT2D eigenvalue weighted by atomic mass is 9.51. The summed E-state index contributed by atoms with van der Waals surface area (Å²) in [5, 5.41) is 12.2. The third-order valence-electron chi connectivity index (χ3n) is 11.8. The molecule has 3 heterocycles. The molecule has 8 heteroatoms. The highest BCUT2D eigenvalue weighted by atomic mass is 16.6. The van der Waals surface area contributed by atoms with Gasteiger partial charge in [-0.2, -0.15) is 0 Å². The van der Waals surface area contributed by atoms with Crippen LogP contribution in [0.25, 0.3) is 0 Å². The van der Waals surface area contributed by atoms with Crippen molar-refractivity contribution in [2.24, 2.45) is 11.8 Å². The highest BCUT2D eigenvalue weighted by molar-refractivity contribution is 6.18. The van der Waals surface area contributed by atoms with Gasteiger partial charge in [0.25, 0.3) is 0 Å². The number of ketones is 2.